The van der Waals surface area contributed by atoms with Crippen LogP contribution < -0.4 is 10.1 Å². The Balaban J connectivity index is 1.55. The molecule has 7 nitrogen and oxygen atoms in total. The quantitative estimate of drug-likeness (QED) is 0.506. The molecule has 0 saturated carbocycles. The van der Waals surface area contributed by atoms with Gasteiger partial charge in [0.1, 0.15) is 11.6 Å². The average molecular weight is 515 g/mol. The average Bonchev–Trinajstić information content (AvgIpc) is 3.30. The summed E-state index contributed by atoms with van der Waals surface area (Å²) < 4.78 is 31.0. The first kappa shape index (κ1) is 22.9. The maximum atomic E-state index is 12.6. The number of carbonyl (C=O) groups is 1. The molecule has 0 spiro atoms. The largest absolute Gasteiger partial charge is 0.482 e. The summed E-state index contributed by atoms with van der Waals surface area (Å²) in [5.74, 6) is 0.311. The van der Waals surface area contributed by atoms with Crippen LogP contribution >= 0.6 is 34.8 Å². The smallest absolute Gasteiger partial charge is 0.263 e. The van der Waals surface area contributed by atoms with Crippen molar-refractivity contribution in [1.82, 2.24) is 9.78 Å². The van der Waals surface area contributed by atoms with Crippen LogP contribution in [0.5, 0.6) is 5.75 Å². The topological polar surface area (TPSA) is 90.3 Å². The van der Waals surface area contributed by atoms with Crippen LogP contribution in [-0.4, -0.2) is 42.2 Å². The third kappa shape index (κ3) is 5.38. The summed E-state index contributed by atoms with van der Waals surface area (Å²) >= 11 is 17.9. The summed E-state index contributed by atoms with van der Waals surface area (Å²) in [6.45, 7) is -0.300. The number of rotatable bonds is 6. The molecule has 1 N–H and O–H groups in total. The molecule has 0 radical (unpaired) electrons. The number of nitrogens with zero attached hydrogens (tertiary/aromatic N) is 2. The Morgan fingerprint density at radius 2 is 1.81 bits per heavy atom. The van der Waals surface area contributed by atoms with Gasteiger partial charge in [0.15, 0.2) is 16.4 Å². The van der Waals surface area contributed by atoms with Crippen molar-refractivity contribution in [2.75, 3.05) is 23.4 Å². The van der Waals surface area contributed by atoms with Crippen LogP contribution in [0, 0.1) is 0 Å². The maximum absolute atomic E-state index is 12.6. The van der Waals surface area contributed by atoms with Crippen molar-refractivity contribution >= 4 is 56.4 Å². The maximum Gasteiger partial charge on any atom is 0.263 e. The van der Waals surface area contributed by atoms with Crippen LogP contribution in [0.1, 0.15) is 12.5 Å². The summed E-state index contributed by atoms with van der Waals surface area (Å²) in [6.07, 6.45) is 0.420. The number of hydrogen-bond acceptors (Lipinski definition) is 5. The van der Waals surface area contributed by atoms with E-state index in [4.69, 9.17) is 39.5 Å². The van der Waals surface area contributed by atoms with E-state index in [9.17, 15) is 13.2 Å². The second-order valence-electron chi connectivity index (χ2n) is 7.33. The molecular weight excluding hydrogens is 497 g/mol. The number of benzene rings is 2. The molecule has 0 aliphatic carbocycles. The molecule has 2 heterocycles. The lowest BCUT2D eigenvalue weighted by atomic mass is 10.1. The minimum Gasteiger partial charge on any atom is -0.482 e. The van der Waals surface area contributed by atoms with Crippen LogP contribution in [0.4, 0.5) is 5.82 Å². The van der Waals surface area contributed by atoms with Gasteiger partial charge in [-0.3, -0.25) is 4.79 Å². The van der Waals surface area contributed by atoms with Crippen LogP contribution in [0.25, 0.3) is 11.3 Å². The van der Waals surface area contributed by atoms with Gasteiger partial charge >= 0.3 is 0 Å². The number of nitrogens with one attached hydrogen (secondary N) is 1. The number of aromatic nitrogens is 2. The van der Waals surface area contributed by atoms with Gasteiger partial charge in [0.05, 0.1) is 28.3 Å². The predicted octanol–water partition coefficient (Wildman–Crippen LogP) is 4.89. The molecule has 168 valence electrons. The highest BCUT2D eigenvalue weighted by Crippen LogP contribution is 2.31. The van der Waals surface area contributed by atoms with Gasteiger partial charge in [-0.1, -0.05) is 46.9 Å². The number of sulfone groups is 1. The fourth-order valence-electron chi connectivity index (χ4n) is 3.41. The minimum absolute atomic E-state index is 0.0332. The number of anilines is 1. The number of hydrogen-bond donors (Lipinski definition) is 1. The predicted molar refractivity (Wildman–Crippen MR) is 126 cm³/mol. The second-order valence-corrected chi connectivity index (χ2v) is 10.8. The van der Waals surface area contributed by atoms with E-state index in [1.165, 1.54) is 6.07 Å². The standard InChI is InChI=1S/C21H18Cl3N3O4S/c22-14-3-1-13(2-4-14)18-10-20(27(26-18)16-7-8-32(29,30)12-16)25-21(28)11-31-19-6-5-15(23)9-17(19)24/h1-6,9-10,16H,7-8,11-12H2,(H,25,28)/t16-/m0/s1. The normalized spacial score (nSPS) is 17.3. The second kappa shape index (κ2) is 9.31. The molecule has 1 aliphatic rings. The van der Waals surface area contributed by atoms with Gasteiger partial charge in [-0.2, -0.15) is 5.10 Å². The Morgan fingerprint density at radius 1 is 1.09 bits per heavy atom. The molecule has 0 bridgehead atoms. The van der Waals surface area contributed by atoms with E-state index < -0.39 is 15.7 Å². The Morgan fingerprint density at radius 3 is 2.47 bits per heavy atom. The van der Waals surface area contributed by atoms with Crippen molar-refractivity contribution in [1.29, 1.82) is 0 Å². The van der Waals surface area contributed by atoms with Gasteiger partial charge in [0, 0.05) is 21.7 Å². The van der Waals surface area contributed by atoms with E-state index >= 15 is 0 Å². The monoisotopic (exact) mass is 513 g/mol. The van der Waals surface area contributed by atoms with Crippen molar-refractivity contribution in [2.45, 2.75) is 12.5 Å². The number of amides is 1. The van der Waals surface area contributed by atoms with E-state index in [0.29, 0.717) is 33.7 Å². The molecule has 1 fully saturated rings. The fraction of sp³-hybridized carbons (Fsp3) is 0.238. The van der Waals surface area contributed by atoms with E-state index in [1.807, 2.05) is 0 Å². The van der Waals surface area contributed by atoms with Gasteiger partial charge < -0.3 is 10.1 Å². The van der Waals surface area contributed by atoms with Gasteiger partial charge in [0.25, 0.3) is 5.91 Å². The zero-order chi connectivity index (χ0) is 22.9. The molecule has 32 heavy (non-hydrogen) atoms. The van der Waals surface area contributed by atoms with Crippen molar-refractivity contribution in [3.05, 3.63) is 63.6 Å². The lowest BCUT2D eigenvalue weighted by molar-refractivity contribution is -0.118. The van der Waals surface area contributed by atoms with Crippen molar-refractivity contribution < 1.29 is 17.9 Å². The van der Waals surface area contributed by atoms with E-state index in [0.717, 1.165) is 5.56 Å². The first-order chi connectivity index (χ1) is 15.2. The van der Waals surface area contributed by atoms with E-state index in [1.54, 1.807) is 47.1 Å². The minimum atomic E-state index is -3.15. The SMILES string of the molecule is O=C(COc1ccc(Cl)cc1Cl)Nc1cc(-c2ccc(Cl)cc2)nn1[C@H]1CCS(=O)(=O)C1. The fourth-order valence-corrected chi connectivity index (χ4v) is 5.69. The molecule has 1 aromatic heterocycles. The number of ether oxygens (including phenoxy) is 1. The first-order valence-electron chi connectivity index (χ1n) is 9.64. The van der Waals surface area contributed by atoms with Gasteiger partial charge in [-0.15, -0.1) is 0 Å². The Bertz CT molecular complexity index is 1260. The van der Waals surface area contributed by atoms with Gasteiger partial charge in [-0.25, -0.2) is 13.1 Å². The lowest BCUT2D eigenvalue weighted by Gasteiger charge is -2.14. The van der Waals surface area contributed by atoms with Crippen molar-refractivity contribution in [2.24, 2.45) is 0 Å². The molecule has 11 heteroatoms. The molecule has 3 aromatic rings. The molecule has 1 amide bonds. The Labute approximate surface area is 200 Å². The molecule has 1 aliphatic heterocycles. The zero-order valence-corrected chi connectivity index (χ0v) is 19.7. The molecule has 0 unspecified atom stereocenters. The number of carbonyl (C=O) groups excluding carboxylic acids is 1. The highest BCUT2D eigenvalue weighted by atomic mass is 35.5. The first-order valence-corrected chi connectivity index (χ1v) is 12.6. The Hall–Kier alpha value is -2.26. The molecule has 4 rings (SSSR count). The zero-order valence-electron chi connectivity index (χ0n) is 16.6. The van der Waals surface area contributed by atoms with Crippen LogP contribution in [0.3, 0.4) is 0 Å². The summed E-state index contributed by atoms with van der Waals surface area (Å²) in [7, 11) is -3.15. The summed E-state index contributed by atoms with van der Waals surface area (Å²) in [6, 6.07) is 13.1. The highest BCUT2D eigenvalue weighted by molar-refractivity contribution is 7.91. The summed E-state index contributed by atoms with van der Waals surface area (Å²) in [5.41, 5.74) is 1.37. The van der Waals surface area contributed by atoms with Crippen LogP contribution in [-0.2, 0) is 14.6 Å². The van der Waals surface area contributed by atoms with E-state index in [-0.39, 0.29) is 29.2 Å². The van der Waals surface area contributed by atoms with Crippen molar-refractivity contribution in [3.63, 3.8) is 0 Å². The highest BCUT2D eigenvalue weighted by Gasteiger charge is 2.31. The van der Waals surface area contributed by atoms with Gasteiger partial charge in [-0.05, 0) is 36.8 Å². The molecule has 1 saturated heterocycles. The van der Waals surface area contributed by atoms with Crippen molar-refractivity contribution in [3.8, 4) is 17.0 Å². The molecule has 1 atom stereocenters. The third-order valence-electron chi connectivity index (χ3n) is 4.95. The molecular formula is C21H18Cl3N3O4S. The van der Waals surface area contributed by atoms with Gasteiger partial charge in [0.2, 0.25) is 0 Å². The van der Waals surface area contributed by atoms with E-state index in [2.05, 4.69) is 10.4 Å². The van der Waals surface area contributed by atoms with Crippen LogP contribution in [0.2, 0.25) is 15.1 Å². The molecule has 2 aromatic carbocycles. The lowest BCUT2D eigenvalue weighted by Crippen LogP contribution is -2.23. The Kier molecular flexibility index (Phi) is 6.67. The summed E-state index contributed by atoms with van der Waals surface area (Å²) in [5, 5.41) is 8.66. The van der Waals surface area contributed by atoms with Crippen LogP contribution in [0.15, 0.2) is 48.5 Å². The number of halogens is 3. The third-order valence-corrected chi connectivity index (χ3v) is 7.48. The summed E-state index contributed by atoms with van der Waals surface area (Å²) in [4.78, 5) is 12.6.